The van der Waals surface area contributed by atoms with Gasteiger partial charge in [0.15, 0.2) is 0 Å². The Kier molecular flexibility index (Phi) is 3.41. The number of rotatable bonds is 2. The van der Waals surface area contributed by atoms with Crippen molar-refractivity contribution in [1.82, 2.24) is 0 Å². The average Bonchev–Trinajstić information content (AvgIpc) is 2.32. The van der Waals surface area contributed by atoms with Gasteiger partial charge in [-0.1, -0.05) is 32.8 Å². The number of benzene rings is 1. The standard InChI is InChI=1S/C16H25NO/c1-12-11-13(18-4)7-8-14(12)16(17)10-6-5-9-15(16,2)3/h7-8,11H,5-6,9-10,17H2,1-4H3. The highest BCUT2D eigenvalue weighted by Crippen LogP contribution is 2.49. The summed E-state index contributed by atoms with van der Waals surface area (Å²) in [7, 11) is 1.71. The van der Waals surface area contributed by atoms with Crippen LogP contribution in [0.15, 0.2) is 18.2 Å². The van der Waals surface area contributed by atoms with Crippen molar-refractivity contribution in [3.63, 3.8) is 0 Å². The lowest BCUT2D eigenvalue weighted by Gasteiger charge is -2.49. The van der Waals surface area contributed by atoms with E-state index >= 15 is 0 Å². The predicted molar refractivity (Wildman–Crippen MR) is 75.8 cm³/mol. The molecule has 18 heavy (non-hydrogen) atoms. The molecule has 1 saturated carbocycles. The summed E-state index contributed by atoms with van der Waals surface area (Å²) in [6, 6.07) is 6.28. The molecule has 1 aromatic rings. The molecule has 2 nitrogen and oxygen atoms in total. The molecule has 1 atom stereocenters. The molecular weight excluding hydrogens is 222 g/mol. The fourth-order valence-electron chi connectivity index (χ4n) is 3.30. The van der Waals surface area contributed by atoms with Crippen molar-refractivity contribution in [3.05, 3.63) is 29.3 Å². The Hall–Kier alpha value is -1.02. The number of hydrogen-bond acceptors (Lipinski definition) is 2. The van der Waals surface area contributed by atoms with E-state index in [2.05, 4.69) is 32.9 Å². The number of hydrogen-bond donors (Lipinski definition) is 1. The third-order valence-corrected chi connectivity index (χ3v) is 4.74. The summed E-state index contributed by atoms with van der Waals surface area (Å²) in [4.78, 5) is 0. The van der Waals surface area contributed by atoms with Gasteiger partial charge in [0.25, 0.3) is 0 Å². The molecule has 2 heteroatoms. The van der Waals surface area contributed by atoms with Crippen LogP contribution in [0.25, 0.3) is 0 Å². The normalized spacial score (nSPS) is 26.9. The SMILES string of the molecule is COc1ccc(C2(N)CCCCC2(C)C)c(C)c1. The lowest BCUT2D eigenvalue weighted by Crippen LogP contribution is -2.52. The summed E-state index contributed by atoms with van der Waals surface area (Å²) in [5.74, 6) is 0.911. The maximum Gasteiger partial charge on any atom is 0.119 e. The van der Waals surface area contributed by atoms with Crippen LogP contribution in [0, 0.1) is 12.3 Å². The third-order valence-electron chi connectivity index (χ3n) is 4.74. The smallest absolute Gasteiger partial charge is 0.119 e. The van der Waals surface area contributed by atoms with E-state index in [1.54, 1.807) is 7.11 Å². The van der Waals surface area contributed by atoms with Crippen molar-refractivity contribution in [3.8, 4) is 5.75 Å². The largest absolute Gasteiger partial charge is 0.497 e. The zero-order valence-corrected chi connectivity index (χ0v) is 12.0. The fourth-order valence-corrected chi connectivity index (χ4v) is 3.30. The van der Waals surface area contributed by atoms with Gasteiger partial charge >= 0.3 is 0 Å². The zero-order chi connectivity index (χ0) is 13.4. The molecule has 1 unspecified atom stereocenters. The van der Waals surface area contributed by atoms with Crippen molar-refractivity contribution in [2.75, 3.05) is 7.11 Å². The molecule has 0 aliphatic heterocycles. The van der Waals surface area contributed by atoms with Gasteiger partial charge in [-0.3, -0.25) is 0 Å². The van der Waals surface area contributed by atoms with Crippen LogP contribution in [-0.4, -0.2) is 7.11 Å². The van der Waals surface area contributed by atoms with E-state index in [-0.39, 0.29) is 11.0 Å². The molecule has 0 aromatic heterocycles. The molecule has 2 N–H and O–H groups in total. The minimum Gasteiger partial charge on any atom is -0.497 e. The molecule has 0 amide bonds. The summed E-state index contributed by atoms with van der Waals surface area (Å²) in [6.07, 6.45) is 4.80. The second-order valence-corrected chi connectivity index (χ2v) is 6.24. The lowest BCUT2D eigenvalue weighted by molar-refractivity contribution is 0.0972. The lowest BCUT2D eigenvalue weighted by atomic mass is 9.60. The molecule has 1 fully saturated rings. The first kappa shape index (κ1) is 13.4. The molecule has 2 rings (SSSR count). The van der Waals surface area contributed by atoms with Gasteiger partial charge < -0.3 is 10.5 Å². The van der Waals surface area contributed by atoms with Gasteiger partial charge in [0.05, 0.1) is 7.11 Å². The van der Waals surface area contributed by atoms with E-state index in [0.717, 1.165) is 12.2 Å². The van der Waals surface area contributed by atoms with Crippen LogP contribution in [0.3, 0.4) is 0 Å². The van der Waals surface area contributed by atoms with Gasteiger partial charge in [-0.15, -0.1) is 0 Å². The summed E-state index contributed by atoms with van der Waals surface area (Å²) in [6.45, 7) is 6.74. The number of aryl methyl sites for hydroxylation is 1. The monoisotopic (exact) mass is 247 g/mol. The Labute approximate surface area is 111 Å². The quantitative estimate of drug-likeness (QED) is 0.863. The Morgan fingerprint density at radius 2 is 1.83 bits per heavy atom. The minimum absolute atomic E-state index is 0.157. The van der Waals surface area contributed by atoms with Crippen LogP contribution >= 0.6 is 0 Å². The fraction of sp³-hybridized carbons (Fsp3) is 0.625. The van der Waals surface area contributed by atoms with Gasteiger partial charge in [0.1, 0.15) is 5.75 Å². The first-order valence-electron chi connectivity index (χ1n) is 6.85. The zero-order valence-electron chi connectivity index (χ0n) is 12.0. The van der Waals surface area contributed by atoms with Crippen LogP contribution in [0.2, 0.25) is 0 Å². The van der Waals surface area contributed by atoms with Gasteiger partial charge in [-0.25, -0.2) is 0 Å². The minimum atomic E-state index is -0.207. The third kappa shape index (κ3) is 2.03. The van der Waals surface area contributed by atoms with Gasteiger partial charge in [0.2, 0.25) is 0 Å². The van der Waals surface area contributed by atoms with Gasteiger partial charge in [0, 0.05) is 5.54 Å². The van der Waals surface area contributed by atoms with E-state index < -0.39 is 0 Å². The van der Waals surface area contributed by atoms with Crippen LogP contribution in [0.4, 0.5) is 0 Å². The molecule has 0 saturated heterocycles. The van der Waals surface area contributed by atoms with Crippen molar-refractivity contribution in [1.29, 1.82) is 0 Å². The van der Waals surface area contributed by atoms with E-state index in [9.17, 15) is 0 Å². The maximum absolute atomic E-state index is 6.81. The molecule has 0 bridgehead atoms. The summed E-state index contributed by atoms with van der Waals surface area (Å²) in [5.41, 5.74) is 9.29. The summed E-state index contributed by atoms with van der Waals surface area (Å²) < 4.78 is 5.28. The van der Waals surface area contributed by atoms with Gasteiger partial charge in [-0.05, 0) is 48.4 Å². The average molecular weight is 247 g/mol. The summed E-state index contributed by atoms with van der Waals surface area (Å²) >= 11 is 0. The Balaban J connectivity index is 2.46. The maximum atomic E-state index is 6.81. The van der Waals surface area contributed by atoms with E-state index in [4.69, 9.17) is 10.5 Å². The molecule has 0 spiro atoms. The van der Waals surface area contributed by atoms with Gasteiger partial charge in [-0.2, -0.15) is 0 Å². The number of nitrogens with two attached hydrogens (primary N) is 1. The first-order valence-corrected chi connectivity index (χ1v) is 6.85. The molecule has 0 heterocycles. The number of ether oxygens (including phenoxy) is 1. The second-order valence-electron chi connectivity index (χ2n) is 6.24. The first-order chi connectivity index (χ1) is 8.40. The summed E-state index contributed by atoms with van der Waals surface area (Å²) in [5, 5.41) is 0. The van der Waals surface area contributed by atoms with Crippen LogP contribution in [0.1, 0.15) is 50.7 Å². The number of methoxy groups -OCH3 is 1. The second kappa shape index (κ2) is 4.58. The van der Waals surface area contributed by atoms with E-state index in [1.165, 1.54) is 30.4 Å². The van der Waals surface area contributed by atoms with Crippen molar-refractivity contribution in [2.24, 2.45) is 11.1 Å². The molecule has 1 aliphatic carbocycles. The highest BCUT2D eigenvalue weighted by Gasteiger charge is 2.45. The Morgan fingerprint density at radius 1 is 1.17 bits per heavy atom. The van der Waals surface area contributed by atoms with Crippen LogP contribution < -0.4 is 10.5 Å². The highest BCUT2D eigenvalue weighted by molar-refractivity contribution is 5.40. The molecule has 1 aromatic carbocycles. The predicted octanol–water partition coefficient (Wildman–Crippen LogP) is 3.76. The Morgan fingerprint density at radius 3 is 2.39 bits per heavy atom. The van der Waals surface area contributed by atoms with E-state index in [0.29, 0.717) is 0 Å². The highest BCUT2D eigenvalue weighted by atomic mass is 16.5. The topological polar surface area (TPSA) is 35.2 Å². The van der Waals surface area contributed by atoms with Crippen molar-refractivity contribution < 1.29 is 4.74 Å². The van der Waals surface area contributed by atoms with E-state index in [1.807, 2.05) is 6.07 Å². The van der Waals surface area contributed by atoms with Crippen LogP contribution in [0.5, 0.6) is 5.75 Å². The van der Waals surface area contributed by atoms with Crippen LogP contribution in [-0.2, 0) is 5.54 Å². The molecule has 0 radical (unpaired) electrons. The van der Waals surface area contributed by atoms with Crippen molar-refractivity contribution in [2.45, 2.75) is 52.0 Å². The molecular formula is C16H25NO. The molecule has 1 aliphatic rings. The van der Waals surface area contributed by atoms with Crippen molar-refractivity contribution >= 4 is 0 Å². The Bertz CT molecular complexity index is 439. The molecule has 100 valence electrons.